The molecule has 1 amide bonds. The molecule has 1 N–H and O–H groups in total. The smallest absolute Gasteiger partial charge is 0.259 e. The van der Waals surface area contributed by atoms with Crippen molar-refractivity contribution in [2.45, 2.75) is 27.2 Å². The molecule has 0 radical (unpaired) electrons. The Hall–Kier alpha value is -2.47. The molecule has 2 aromatic heterocycles. The fourth-order valence-corrected chi connectivity index (χ4v) is 2.41. The molecule has 3 rings (SSSR count). The molecule has 0 atom stereocenters. The number of anilines is 1. The van der Waals surface area contributed by atoms with Gasteiger partial charge in [-0.2, -0.15) is 4.98 Å². The van der Waals surface area contributed by atoms with Gasteiger partial charge in [-0.3, -0.25) is 4.79 Å². The number of aryl methyl sites for hydroxylation is 3. The van der Waals surface area contributed by atoms with E-state index in [-0.39, 0.29) is 5.91 Å². The molecular formula is C16H16ClN5O. The van der Waals surface area contributed by atoms with Gasteiger partial charge in [0, 0.05) is 23.3 Å². The molecule has 0 spiro atoms. The topological polar surface area (TPSA) is 72.2 Å². The number of benzene rings is 1. The number of rotatable bonds is 3. The number of hydrogen-bond donors (Lipinski definition) is 1. The summed E-state index contributed by atoms with van der Waals surface area (Å²) in [5.74, 6) is 0.936. The molecule has 0 unspecified atom stereocenters. The van der Waals surface area contributed by atoms with E-state index in [0.29, 0.717) is 40.0 Å². The van der Waals surface area contributed by atoms with E-state index < -0.39 is 0 Å². The molecule has 1 aromatic carbocycles. The third kappa shape index (κ3) is 3.03. The number of nitrogens with zero attached hydrogens (tertiary/aromatic N) is 4. The lowest BCUT2D eigenvalue weighted by atomic mass is 10.1. The summed E-state index contributed by atoms with van der Waals surface area (Å²) in [6.45, 7) is 5.66. The average Bonchev–Trinajstić information content (AvgIpc) is 2.92. The molecule has 7 heteroatoms. The summed E-state index contributed by atoms with van der Waals surface area (Å²) in [6, 6.07) is 5.37. The highest BCUT2D eigenvalue weighted by Crippen LogP contribution is 2.21. The van der Waals surface area contributed by atoms with E-state index in [0.717, 1.165) is 5.56 Å². The summed E-state index contributed by atoms with van der Waals surface area (Å²) >= 11 is 5.99. The monoisotopic (exact) mass is 329 g/mol. The Bertz CT molecular complexity index is 903. The summed E-state index contributed by atoms with van der Waals surface area (Å²) in [7, 11) is 0. The number of aromatic nitrogens is 4. The van der Waals surface area contributed by atoms with Gasteiger partial charge in [-0.05, 0) is 31.5 Å². The fraction of sp³-hybridized carbons (Fsp3) is 0.250. The van der Waals surface area contributed by atoms with Gasteiger partial charge in [-0.15, -0.1) is 5.10 Å². The molecule has 6 nitrogen and oxygen atoms in total. The third-order valence-corrected chi connectivity index (χ3v) is 3.81. The zero-order valence-electron chi connectivity index (χ0n) is 13.1. The SMILES string of the molecule is CCc1nc2nc(C)c(C(=O)Nc3cc(Cl)ccc3C)cn2n1. The lowest BCUT2D eigenvalue weighted by Crippen LogP contribution is -2.16. The normalized spacial score (nSPS) is 11.0. The van der Waals surface area contributed by atoms with Crippen LogP contribution in [0.3, 0.4) is 0 Å². The Kier molecular flexibility index (Phi) is 4.00. The van der Waals surface area contributed by atoms with Crippen molar-refractivity contribution in [3.05, 3.63) is 52.1 Å². The molecule has 0 bridgehead atoms. The first-order chi connectivity index (χ1) is 11.0. The quantitative estimate of drug-likeness (QED) is 0.800. The van der Waals surface area contributed by atoms with Crippen LogP contribution in [-0.4, -0.2) is 25.5 Å². The van der Waals surface area contributed by atoms with Crippen molar-refractivity contribution >= 4 is 29.0 Å². The molecule has 118 valence electrons. The zero-order chi connectivity index (χ0) is 16.6. The molecule has 0 saturated heterocycles. The van der Waals surface area contributed by atoms with Gasteiger partial charge < -0.3 is 5.32 Å². The van der Waals surface area contributed by atoms with Crippen LogP contribution in [0.25, 0.3) is 5.78 Å². The maximum atomic E-state index is 12.6. The van der Waals surface area contributed by atoms with E-state index in [1.54, 1.807) is 25.3 Å². The van der Waals surface area contributed by atoms with Gasteiger partial charge in [-0.1, -0.05) is 24.6 Å². The van der Waals surface area contributed by atoms with Crippen LogP contribution < -0.4 is 5.32 Å². The zero-order valence-corrected chi connectivity index (χ0v) is 13.8. The van der Waals surface area contributed by atoms with E-state index in [1.807, 2.05) is 19.9 Å². The standard InChI is InChI=1S/C16H16ClN5O/c1-4-14-20-16-18-10(3)12(8-22(16)21-14)15(23)19-13-7-11(17)6-5-9(13)2/h5-8H,4H2,1-3H3,(H,19,23). The lowest BCUT2D eigenvalue weighted by Gasteiger charge is -2.10. The largest absolute Gasteiger partial charge is 0.322 e. The average molecular weight is 330 g/mol. The van der Waals surface area contributed by atoms with E-state index in [1.165, 1.54) is 4.52 Å². The fourth-order valence-electron chi connectivity index (χ4n) is 2.24. The van der Waals surface area contributed by atoms with Crippen LogP contribution in [0.4, 0.5) is 5.69 Å². The highest BCUT2D eigenvalue weighted by atomic mass is 35.5. The second-order valence-electron chi connectivity index (χ2n) is 5.28. The summed E-state index contributed by atoms with van der Waals surface area (Å²) in [5.41, 5.74) is 2.66. The number of nitrogens with one attached hydrogen (secondary N) is 1. The first-order valence-corrected chi connectivity index (χ1v) is 7.66. The van der Waals surface area contributed by atoms with Crippen LogP contribution in [-0.2, 0) is 6.42 Å². The van der Waals surface area contributed by atoms with Gasteiger partial charge in [0.15, 0.2) is 5.82 Å². The first kappa shape index (κ1) is 15.4. The van der Waals surface area contributed by atoms with Crippen molar-refractivity contribution in [1.82, 2.24) is 19.6 Å². The summed E-state index contributed by atoms with van der Waals surface area (Å²) in [6.07, 6.45) is 2.37. The Morgan fingerprint density at radius 1 is 1.30 bits per heavy atom. The van der Waals surface area contributed by atoms with E-state index >= 15 is 0 Å². The first-order valence-electron chi connectivity index (χ1n) is 7.28. The number of hydrogen-bond acceptors (Lipinski definition) is 4. The van der Waals surface area contributed by atoms with Crippen molar-refractivity contribution in [3.63, 3.8) is 0 Å². The van der Waals surface area contributed by atoms with Crippen LogP contribution in [0, 0.1) is 13.8 Å². The van der Waals surface area contributed by atoms with Crippen LogP contribution in [0.15, 0.2) is 24.4 Å². The van der Waals surface area contributed by atoms with E-state index in [2.05, 4.69) is 20.4 Å². The maximum absolute atomic E-state index is 12.6. The second-order valence-corrected chi connectivity index (χ2v) is 5.72. The van der Waals surface area contributed by atoms with E-state index in [9.17, 15) is 4.79 Å². The minimum absolute atomic E-state index is 0.254. The van der Waals surface area contributed by atoms with E-state index in [4.69, 9.17) is 11.6 Å². The van der Waals surface area contributed by atoms with Crippen molar-refractivity contribution in [3.8, 4) is 0 Å². The van der Waals surface area contributed by atoms with Gasteiger partial charge in [0.25, 0.3) is 11.7 Å². The Morgan fingerprint density at radius 2 is 2.09 bits per heavy atom. The van der Waals surface area contributed by atoms with Crippen molar-refractivity contribution in [2.75, 3.05) is 5.32 Å². The summed E-state index contributed by atoms with van der Waals surface area (Å²) in [5, 5.41) is 7.73. The summed E-state index contributed by atoms with van der Waals surface area (Å²) in [4.78, 5) is 21.2. The molecule has 0 saturated carbocycles. The number of carbonyl (C=O) groups is 1. The molecule has 23 heavy (non-hydrogen) atoms. The van der Waals surface area contributed by atoms with Gasteiger partial charge in [0.1, 0.15) is 0 Å². The number of halogens is 1. The van der Waals surface area contributed by atoms with Crippen LogP contribution in [0.1, 0.15) is 34.4 Å². The predicted octanol–water partition coefficient (Wildman–Crippen LogP) is 3.21. The van der Waals surface area contributed by atoms with Gasteiger partial charge in [0.2, 0.25) is 0 Å². The van der Waals surface area contributed by atoms with Crippen molar-refractivity contribution in [1.29, 1.82) is 0 Å². The minimum Gasteiger partial charge on any atom is -0.322 e. The lowest BCUT2D eigenvalue weighted by molar-refractivity contribution is 0.102. The van der Waals surface area contributed by atoms with Crippen molar-refractivity contribution < 1.29 is 4.79 Å². The van der Waals surface area contributed by atoms with Crippen LogP contribution >= 0.6 is 11.6 Å². The maximum Gasteiger partial charge on any atom is 0.259 e. The third-order valence-electron chi connectivity index (χ3n) is 3.57. The Balaban J connectivity index is 1.96. The van der Waals surface area contributed by atoms with Crippen molar-refractivity contribution in [2.24, 2.45) is 0 Å². The number of fused-ring (bicyclic) bond motifs is 1. The van der Waals surface area contributed by atoms with Gasteiger partial charge >= 0.3 is 0 Å². The van der Waals surface area contributed by atoms with Gasteiger partial charge in [-0.25, -0.2) is 9.50 Å². The molecule has 0 aliphatic rings. The Morgan fingerprint density at radius 3 is 2.83 bits per heavy atom. The van der Waals surface area contributed by atoms with Gasteiger partial charge in [0.05, 0.1) is 11.3 Å². The van der Waals surface area contributed by atoms with Crippen LogP contribution in [0.5, 0.6) is 0 Å². The highest BCUT2D eigenvalue weighted by Gasteiger charge is 2.15. The van der Waals surface area contributed by atoms with Crippen LogP contribution in [0.2, 0.25) is 5.02 Å². The molecule has 0 aliphatic carbocycles. The second kappa shape index (κ2) is 5.96. The molecular weight excluding hydrogens is 314 g/mol. The Labute approximate surface area is 138 Å². The predicted molar refractivity (Wildman–Crippen MR) is 89.0 cm³/mol. The summed E-state index contributed by atoms with van der Waals surface area (Å²) < 4.78 is 1.53. The highest BCUT2D eigenvalue weighted by molar-refractivity contribution is 6.31. The number of amides is 1. The molecule has 2 heterocycles. The number of carbonyl (C=O) groups excluding carboxylic acids is 1. The minimum atomic E-state index is -0.254. The molecule has 3 aromatic rings. The molecule has 0 fully saturated rings. The molecule has 0 aliphatic heterocycles.